The summed E-state index contributed by atoms with van der Waals surface area (Å²) in [5, 5.41) is 3.08. The van der Waals surface area contributed by atoms with Gasteiger partial charge in [-0.1, -0.05) is 25.5 Å². The van der Waals surface area contributed by atoms with Gasteiger partial charge in [0.15, 0.2) is 0 Å². The maximum atomic E-state index is 13.2. The molecule has 1 aliphatic rings. The Balaban J connectivity index is 1.88. The highest BCUT2D eigenvalue weighted by atomic mass is 19.1. The molecule has 0 radical (unpaired) electrons. The molecule has 1 aliphatic carbocycles. The lowest BCUT2D eigenvalue weighted by molar-refractivity contribution is -0.122. The van der Waals surface area contributed by atoms with E-state index in [1.807, 2.05) is 13.0 Å². The van der Waals surface area contributed by atoms with Crippen LogP contribution in [0.15, 0.2) is 24.3 Å². The lowest BCUT2D eigenvalue weighted by atomic mass is 9.96. The molecule has 3 N–H and O–H groups in total. The van der Waals surface area contributed by atoms with Gasteiger partial charge in [-0.2, -0.15) is 0 Å². The molecule has 3 nitrogen and oxygen atoms in total. The molecule has 0 aliphatic heterocycles. The number of nitrogens with one attached hydrogen (secondary N) is 1. The molecule has 1 saturated carbocycles. The molecule has 1 aromatic rings. The molecule has 1 aromatic carbocycles. The van der Waals surface area contributed by atoms with E-state index < -0.39 is 0 Å². The van der Waals surface area contributed by atoms with Crippen LogP contribution < -0.4 is 11.1 Å². The molecule has 4 heteroatoms. The summed E-state index contributed by atoms with van der Waals surface area (Å²) in [5.74, 6) is 0.202. The normalized spacial score (nSPS) is 23.6. The second kappa shape index (κ2) is 6.84. The van der Waals surface area contributed by atoms with E-state index >= 15 is 0 Å². The summed E-state index contributed by atoms with van der Waals surface area (Å²) in [4.78, 5) is 12.1. The second-order valence-electron chi connectivity index (χ2n) is 5.76. The smallest absolute Gasteiger partial charge is 0.220 e. The first-order chi connectivity index (χ1) is 9.60. The zero-order valence-electron chi connectivity index (χ0n) is 11.9. The molecule has 110 valence electrons. The Kier molecular flexibility index (Phi) is 5.12. The van der Waals surface area contributed by atoms with Gasteiger partial charge in [-0.3, -0.25) is 4.79 Å². The topological polar surface area (TPSA) is 55.1 Å². The van der Waals surface area contributed by atoms with Gasteiger partial charge in [0, 0.05) is 12.5 Å². The summed E-state index contributed by atoms with van der Waals surface area (Å²) in [6.45, 7) is 2.58. The average molecular weight is 278 g/mol. The number of carbonyl (C=O) groups excluding carboxylic acids is 1. The van der Waals surface area contributed by atoms with Crippen LogP contribution in [0.5, 0.6) is 0 Å². The standard InChI is InChI=1S/C16H23FN2O/c1-11(12-4-2-6-14(17)9-12)8-16(20)19-15-7-3-5-13(15)10-18/h2,4,6,9,11,13,15H,3,5,7-8,10,18H2,1H3,(H,19,20). The SMILES string of the molecule is CC(CC(=O)NC1CCCC1CN)c1cccc(F)c1. The van der Waals surface area contributed by atoms with Gasteiger partial charge in [-0.05, 0) is 48.9 Å². The fraction of sp³-hybridized carbons (Fsp3) is 0.562. The fourth-order valence-corrected chi connectivity index (χ4v) is 2.98. The van der Waals surface area contributed by atoms with Crippen LogP contribution in [0.3, 0.4) is 0 Å². The molecular formula is C16H23FN2O. The van der Waals surface area contributed by atoms with Gasteiger partial charge in [-0.25, -0.2) is 4.39 Å². The monoisotopic (exact) mass is 278 g/mol. The highest BCUT2D eigenvalue weighted by molar-refractivity contribution is 5.77. The maximum absolute atomic E-state index is 13.2. The molecule has 20 heavy (non-hydrogen) atoms. The lowest BCUT2D eigenvalue weighted by Crippen LogP contribution is -2.40. The van der Waals surface area contributed by atoms with Crippen molar-refractivity contribution in [2.45, 2.75) is 44.6 Å². The highest BCUT2D eigenvalue weighted by Crippen LogP contribution is 2.25. The molecule has 0 bridgehead atoms. The number of nitrogens with two attached hydrogens (primary N) is 1. The van der Waals surface area contributed by atoms with Crippen molar-refractivity contribution >= 4 is 5.91 Å². The Bertz CT molecular complexity index is 464. The molecule has 1 fully saturated rings. The van der Waals surface area contributed by atoms with Crippen molar-refractivity contribution in [2.24, 2.45) is 11.7 Å². The van der Waals surface area contributed by atoms with Crippen LogP contribution >= 0.6 is 0 Å². The quantitative estimate of drug-likeness (QED) is 0.869. The van der Waals surface area contributed by atoms with Crippen LogP contribution in [-0.4, -0.2) is 18.5 Å². The molecule has 3 atom stereocenters. The molecule has 2 rings (SSSR count). The molecule has 0 heterocycles. The van der Waals surface area contributed by atoms with E-state index in [1.165, 1.54) is 12.1 Å². The Hall–Kier alpha value is -1.42. The zero-order chi connectivity index (χ0) is 14.5. The molecule has 1 amide bonds. The van der Waals surface area contributed by atoms with Crippen LogP contribution in [-0.2, 0) is 4.79 Å². The van der Waals surface area contributed by atoms with Gasteiger partial charge in [0.05, 0.1) is 0 Å². The summed E-state index contributed by atoms with van der Waals surface area (Å²) >= 11 is 0. The Labute approximate surface area is 119 Å². The molecule has 0 saturated heterocycles. The van der Waals surface area contributed by atoms with Crippen LogP contribution in [0.1, 0.15) is 44.1 Å². The predicted octanol–water partition coefficient (Wildman–Crippen LogP) is 2.56. The fourth-order valence-electron chi connectivity index (χ4n) is 2.98. The third-order valence-corrected chi connectivity index (χ3v) is 4.22. The third-order valence-electron chi connectivity index (χ3n) is 4.22. The number of benzene rings is 1. The molecule has 0 spiro atoms. The van der Waals surface area contributed by atoms with Gasteiger partial charge in [0.2, 0.25) is 5.91 Å². The van der Waals surface area contributed by atoms with Gasteiger partial charge in [0.25, 0.3) is 0 Å². The van der Waals surface area contributed by atoms with Gasteiger partial charge < -0.3 is 11.1 Å². The summed E-state index contributed by atoms with van der Waals surface area (Å²) in [6, 6.07) is 6.67. The Morgan fingerprint density at radius 2 is 2.30 bits per heavy atom. The number of hydrogen-bond acceptors (Lipinski definition) is 2. The third kappa shape index (κ3) is 3.79. The van der Waals surface area contributed by atoms with E-state index in [2.05, 4.69) is 5.32 Å². The van der Waals surface area contributed by atoms with Crippen molar-refractivity contribution in [1.29, 1.82) is 0 Å². The highest BCUT2D eigenvalue weighted by Gasteiger charge is 2.27. The van der Waals surface area contributed by atoms with E-state index in [0.717, 1.165) is 24.8 Å². The second-order valence-corrected chi connectivity index (χ2v) is 5.76. The van der Waals surface area contributed by atoms with E-state index in [1.54, 1.807) is 6.07 Å². The van der Waals surface area contributed by atoms with Crippen LogP contribution in [0.4, 0.5) is 4.39 Å². The summed E-state index contributed by atoms with van der Waals surface area (Å²) in [7, 11) is 0. The summed E-state index contributed by atoms with van der Waals surface area (Å²) in [5.41, 5.74) is 6.58. The Morgan fingerprint density at radius 1 is 1.50 bits per heavy atom. The minimum Gasteiger partial charge on any atom is -0.353 e. The number of carbonyl (C=O) groups is 1. The maximum Gasteiger partial charge on any atom is 0.220 e. The van der Waals surface area contributed by atoms with Crippen molar-refractivity contribution in [2.75, 3.05) is 6.54 Å². The average Bonchev–Trinajstić information content (AvgIpc) is 2.85. The van der Waals surface area contributed by atoms with E-state index in [0.29, 0.717) is 18.9 Å². The van der Waals surface area contributed by atoms with E-state index in [9.17, 15) is 9.18 Å². The summed E-state index contributed by atoms with van der Waals surface area (Å²) in [6.07, 6.45) is 3.63. The van der Waals surface area contributed by atoms with Crippen molar-refractivity contribution in [3.63, 3.8) is 0 Å². The minimum atomic E-state index is -0.256. The van der Waals surface area contributed by atoms with E-state index in [4.69, 9.17) is 5.73 Å². The van der Waals surface area contributed by atoms with Crippen molar-refractivity contribution in [3.05, 3.63) is 35.6 Å². The van der Waals surface area contributed by atoms with Gasteiger partial charge in [-0.15, -0.1) is 0 Å². The first-order valence-electron chi connectivity index (χ1n) is 7.35. The lowest BCUT2D eigenvalue weighted by Gasteiger charge is -2.20. The van der Waals surface area contributed by atoms with E-state index in [-0.39, 0.29) is 23.7 Å². The molecular weight excluding hydrogens is 255 g/mol. The largest absolute Gasteiger partial charge is 0.353 e. The number of rotatable bonds is 5. The van der Waals surface area contributed by atoms with Gasteiger partial charge in [0.1, 0.15) is 5.82 Å². The van der Waals surface area contributed by atoms with Gasteiger partial charge >= 0.3 is 0 Å². The molecule has 3 unspecified atom stereocenters. The predicted molar refractivity (Wildman–Crippen MR) is 77.8 cm³/mol. The van der Waals surface area contributed by atoms with Crippen LogP contribution in [0, 0.1) is 11.7 Å². The van der Waals surface area contributed by atoms with Crippen molar-refractivity contribution in [3.8, 4) is 0 Å². The number of hydrogen-bond donors (Lipinski definition) is 2. The Morgan fingerprint density at radius 3 is 3.00 bits per heavy atom. The first kappa shape index (κ1) is 15.0. The summed E-state index contributed by atoms with van der Waals surface area (Å²) < 4.78 is 13.2. The van der Waals surface area contributed by atoms with Crippen LogP contribution in [0.25, 0.3) is 0 Å². The van der Waals surface area contributed by atoms with Crippen LogP contribution in [0.2, 0.25) is 0 Å². The first-order valence-corrected chi connectivity index (χ1v) is 7.35. The zero-order valence-corrected chi connectivity index (χ0v) is 11.9. The number of halogens is 1. The minimum absolute atomic E-state index is 0.0171. The van der Waals surface area contributed by atoms with Crippen molar-refractivity contribution < 1.29 is 9.18 Å². The number of amides is 1. The molecule has 0 aromatic heterocycles. The van der Waals surface area contributed by atoms with Crippen molar-refractivity contribution in [1.82, 2.24) is 5.32 Å².